The maximum absolute atomic E-state index is 5.56. The lowest BCUT2D eigenvalue weighted by Crippen LogP contribution is -2.17. The molecule has 0 aliphatic carbocycles. The van der Waals surface area contributed by atoms with E-state index in [4.69, 9.17) is 4.74 Å². The Bertz CT molecular complexity index is 135. The fourth-order valence-corrected chi connectivity index (χ4v) is 1.67. The highest BCUT2D eigenvalue weighted by molar-refractivity contribution is 4.63. The molecule has 0 aliphatic heterocycles. The molecule has 0 saturated heterocycles. The summed E-state index contributed by atoms with van der Waals surface area (Å²) in [6.45, 7) is 10.5. The SMILES string of the molecule is CCCCCCCCCC[CH]OC(C)(C)C. The maximum atomic E-state index is 5.56. The Balaban J connectivity index is 2.99. The minimum atomic E-state index is -0.0137. The molecular formula is C15H31O. The summed E-state index contributed by atoms with van der Waals surface area (Å²) in [6, 6.07) is 0. The van der Waals surface area contributed by atoms with Crippen LogP contribution in [0, 0.1) is 6.61 Å². The molecular weight excluding hydrogens is 196 g/mol. The number of ether oxygens (including phenoxy) is 1. The third-order valence-electron chi connectivity index (χ3n) is 2.61. The van der Waals surface area contributed by atoms with Crippen LogP contribution in [0.4, 0.5) is 0 Å². The zero-order valence-corrected chi connectivity index (χ0v) is 11.8. The Kier molecular flexibility index (Phi) is 10.1. The summed E-state index contributed by atoms with van der Waals surface area (Å²) in [7, 11) is 0. The lowest BCUT2D eigenvalue weighted by Gasteiger charge is -2.18. The van der Waals surface area contributed by atoms with E-state index < -0.39 is 0 Å². The Hall–Kier alpha value is -0.0400. The van der Waals surface area contributed by atoms with Crippen LogP contribution in [0.1, 0.15) is 85.5 Å². The van der Waals surface area contributed by atoms with Crippen molar-refractivity contribution in [1.29, 1.82) is 0 Å². The first-order chi connectivity index (χ1) is 7.56. The van der Waals surface area contributed by atoms with Crippen LogP contribution in [-0.4, -0.2) is 5.60 Å². The number of rotatable bonds is 10. The van der Waals surface area contributed by atoms with Crippen molar-refractivity contribution in [3.8, 4) is 0 Å². The molecule has 0 fully saturated rings. The Morgan fingerprint density at radius 3 is 1.81 bits per heavy atom. The van der Waals surface area contributed by atoms with E-state index in [2.05, 4.69) is 27.7 Å². The van der Waals surface area contributed by atoms with Crippen LogP contribution < -0.4 is 0 Å². The average Bonchev–Trinajstić information content (AvgIpc) is 2.19. The molecule has 0 aromatic rings. The van der Waals surface area contributed by atoms with Gasteiger partial charge in [0.05, 0.1) is 12.2 Å². The summed E-state index contributed by atoms with van der Waals surface area (Å²) in [5.74, 6) is 0. The third kappa shape index (κ3) is 14.0. The van der Waals surface area contributed by atoms with Crippen molar-refractivity contribution in [3.05, 3.63) is 6.61 Å². The molecule has 0 saturated carbocycles. The van der Waals surface area contributed by atoms with Crippen molar-refractivity contribution >= 4 is 0 Å². The maximum Gasteiger partial charge on any atom is 0.0844 e. The molecule has 16 heavy (non-hydrogen) atoms. The van der Waals surface area contributed by atoms with Gasteiger partial charge in [-0.3, -0.25) is 0 Å². The lowest BCUT2D eigenvalue weighted by atomic mass is 10.1. The largest absolute Gasteiger partial charge is 0.370 e. The molecule has 1 heteroatoms. The summed E-state index contributed by atoms with van der Waals surface area (Å²) in [4.78, 5) is 0. The lowest BCUT2D eigenvalue weighted by molar-refractivity contribution is 0.0383. The molecule has 0 unspecified atom stereocenters. The van der Waals surface area contributed by atoms with Gasteiger partial charge >= 0.3 is 0 Å². The van der Waals surface area contributed by atoms with Crippen molar-refractivity contribution in [1.82, 2.24) is 0 Å². The van der Waals surface area contributed by atoms with E-state index in [0.29, 0.717) is 0 Å². The van der Waals surface area contributed by atoms with Crippen molar-refractivity contribution in [2.45, 2.75) is 91.1 Å². The molecule has 0 aromatic carbocycles. The van der Waals surface area contributed by atoms with E-state index in [1.807, 2.05) is 6.61 Å². The Morgan fingerprint density at radius 1 is 0.812 bits per heavy atom. The van der Waals surface area contributed by atoms with Gasteiger partial charge in [-0.2, -0.15) is 0 Å². The van der Waals surface area contributed by atoms with Gasteiger partial charge in [0, 0.05) is 0 Å². The summed E-state index contributed by atoms with van der Waals surface area (Å²) in [5.41, 5.74) is -0.0137. The van der Waals surface area contributed by atoms with Gasteiger partial charge in [-0.25, -0.2) is 0 Å². The second kappa shape index (κ2) is 10.1. The quantitative estimate of drug-likeness (QED) is 0.448. The topological polar surface area (TPSA) is 9.23 Å². The summed E-state index contributed by atoms with van der Waals surface area (Å²) < 4.78 is 5.56. The van der Waals surface area contributed by atoms with Gasteiger partial charge in [-0.15, -0.1) is 0 Å². The minimum Gasteiger partial charge on any atom is -0.370 e. The predicted molar refractivity (Wildman–Crippen MR) is 72.4 cm³/mol. The minimum absolute atomic E-state index is 0.0137. The first-order valence-electron chi connectivity index (χ1n) is 7.06. The zero-order valence-electron chi connectivity index (χ0n) is 11.8. The van der Waals surface area contributed by atoms with E-state index in [0.717, 1.165) is 6.42 Å². The van der Waals surface area contributed by atoms with Gasteiger partial charge < -0.3 is 4.74 Å². The molecule has 0 spiro atoms. The molecule has 0 aromatic heterocycles. The molecule has 0 heterocycles. The van der Waals surface area contributed by atoms with E-state index in [1.54, 1.807) is 0 Å². The van der Waals surface area contributed by atoms with Gasteiger partial charge in [0.15, 0.2) is 0 Å². The number of unbranched alkanes of at least 4 members (excludes halogenated alkanes) is 8. The van der Waals surface area contributed by atoms with Crippen molar-refractivity contribution in [2.75, 3.05) is 0 Å². The second-order valence-electron chi connectivity index (χ2n) is 5.66. The van der Waals surface area contributed by atoms with Crippen LogP contribution in [0.2, 0.25) is 0 Å². The molecule has 0 atom stereocenters. The van der Waals surface area contributed by atoms with E-state index in [-0.39, 0.29) is 5.60 Å². The first kappa shape index (κ1) is 16.0. The van der Waals surface area contributed by atoms with Gasteiger partial charge in [0.1, 0.15) is 0 Å². The normalized spacial score (nSPS) is 12.0. The van der Waals surface area contributed by atoms with E-state index in [1.165, 1.54) is 51.4 Å². The van der Waals surface area contributed by atoms with Crippen LogP contribution in [-0.2, 0) is 4.74 Å². The van der Waals surface area contributed by atoms with Crippen LogP contribution in [0.25, 0.3) is 0 Å². The standard InChI is InChI=1S/C15H31O/c1-5-6-7-8-9-10-11-12-13-14-16-15(2,3)4/h14H,5-13H2,1-4H3. The highest BCUT2D eigenvalue weighted by Gasteiger charge is 2.08. The molecule has 0 N–H and O–H groups in total. The van der Waals surface area contributed by atoms with Crippen molar-refractivity contribution < 1.29 is 4.74 Å². The number of hydrogen-bond donors (Lipinski definition) is 0. The van der Waals surface area contributed by atoms with Crippen molar-refractivity contribution in [2.24, 2.45) is 0 Å². The van der Waals surface area contributed by atoms with Crippen LogP contribution in [0.5, 0.6) is 0 Å². The van der Waals surface area contributed by atoms with Crippen molar-refractivity contribution in [3.63, 3.8) is 0 Å². The van der Waals surface area contributed by atoms with Gasteiger partial charge in [-0.05, 0) is 27.2 Å². The third-order valence-corrected chi connectivity index (χ3v) is 2.61. The first-order valence-corrected chi connectivity index (χ1v) is 7.06. The summed E-state index contributed by atoms with van der Waals surface area (Å²) in [6.07, 6.45) is 12.2. The van der Waals surface area contributed by atoms with Gasteiger partial charge in [-0.1, -0.05) is 58.3 Å². The van der Waals surface area contributed by atoms with Gasteiger partial charge in [0.2, 0.25) is 0 Å². The zero-order chi connectivity index (χ0) is 12.3. The van der Waals surface area contributed by atoms with Crippen LogP contribution >= 0.6 is 0 Å². The van der Waals surface area contributed by atoms with E-state index in [9.17, 15) is 0 Å². The summed E-state index contributed by atoms with van der Waals surface area (Å²) in [5, 5.41) is 0. The number of hydrogen-bond acceptors (Lipinski definition) is 1. The fraction of sp³-hybridized carbons (Fsp3) is 0.933. The molecule has 0 rings (SSSR count). The van der Waals surface area contributed by atoms with Crippen LogP contribution in [0.15, 0.2) is 0 Å². The fourth-order valence-electron chi connectivity index (χ4n) is 1.67. The second-order valence-corrected chi connectivity index (χ2v) is 5.66. The summed E-state index contributed by atoms with van der Waals surface area (Å²) >= 11 is 0. The van der Waals surface area contributed by atoms with Crippen LogP contribution in [0.3, 0.4) is 0 Å². The van der Waals surface area contributed by atoms with Gasteiger partial charge in [0.25, 0.3) is 0 Å². The molecule has 0 aliphatic rings. The highest BCUT2D eigenvalue weighted by Crippen LogP contribution is 2.13. The average molecular weight is 227 g/mol. The molecule has 1 nitrogen and oxygen atoms in total. The van der Waals surface area contributed by atoms with E-state index >= 15 is 0 Å². The predicted octanol–water partition coefficient (Wildman–Crippen LogP) is 5.49. The smallest absolute Gasteiger partial charge is 0.0844 e. The highest BCUT2D eigenvalue weighted by atomic mass is 16.5. The molecule has 97 valence electrons. The molecule has 1 radical (unpaired) electrons. The molecule has 0 bridgehead atoms. The Labute approximate surface area is 103 Å². The molecule has 0 amide bonds. The Morgan fingerprint density at radius 2 is 1.31 bits per heavy atom. The monoisotopic (exact) mass is 227 g/mol.